The summed E-state index contributed by atoms with van der Waals surface area (Å²) in [5.41, 5.74) is 2.04. The molecule has 0 spiro atoms. The van der Waals surface area contributed by atoms with Gasteiger partial charge in [-0.25, -0.2) is 0 Å². The first kappa shape index (κ1) is 24.6. The van der Waals surface area contributed by atoms with Crippen LogP contribution in [-0.2, 0) is 38.8 Å². The average Bonchev–Trinajstić information content (AvgIpc) is 3.35. The lowest BCUT2D eigenvalue weighted by Crippen LogP contribution is -2.44. The van der Waals surface area contributed by atoms with E-state index in [1.807, 2.05) is 78.2 Å². The third-order valence-electron chi connectivity index (χ3n) is 5.08. The molecule has 0 fully saturated rings. The molecular weight excluding hydrogens is 436 g/mol. The lowest BCUT2D eigenvalue weighted by molar-refractivity contribution is -0.144. The lowest BCUT2D eigenvalue weighted by atomic mass is 10.2. The summed E-state index contributed by atoms with van der Waals surface area (Å²) < 4.78 is 10.8. The smallest absolute Gasteiger partial charge is 0.249 e. The maximum atomic E-state index is 13.3. The second kappa shape index (κ2) is 13.5. The molecule has 1 aromatic heterocycles. The number of hydrogen-bond acceptors (Lipinski definition) is 5. The van der Waals surface area contributed by atoms with Crippen molar-refractivity contribution in [2.45, 2.75) is 19.7 Å². The molecule has 3 aromatic rings. The van der Waals surface area contributed by atoms with Crippen molar-refractivity contribution in [1.82, 2.24) is 9.80 Å². The monoisotopic (exact) mass is 466 g/mol. The average molecular weight is 467 g/mol. The van der Waals surface area contributed by atoms with Crippen LogP contribution in [0.2, 0.25) is 0 Å². The molecule has 6 nitrogen and oxygen atoms in total. The normalized spacial score (nSPS) is 10.7. The van der Waals surface area contributed by atoms with Crippen molar-refractivity contribution >= 4 is 23.2 Å². The van der Waals surface area contributed by atoms with Gasteiger partial charge in [-0.15, -0.1) is 11.3 Å². The van der Waals surface area contributed by atoms with E-state index in [0.717, 1.165) is 16.0 Å². The molecule has 0 aliphatic carbocycles. The van der Waals surface area contributed by atoms with Crippen LogP contribution in [0.1, 0.15) is 16.0 Å². The third-order valence-corrected chi connectivity index (χ3v) is 5.94. The second-order valence-corrected chi connectivity index (χ2v) is 8.63. The highest BCUT2D eigenvalue weighted by molar-refractivity contribution is 7.09. The maximum Gasteiger partial charge on any atom is 0.249 e. The Morgan fingerprint density at radius 1 is 0.818 bits per heavy atom. The maximum absolute atomic E-state index is 13.3. The number of rotatable bonds is 13. The van der Waals surface area contributed by atoms with E-state index in [9.17, 15) is 9.59 Å². The van der Waals surface area contributed by atoms with Crippen LogP contribution < -0.4 is 0 Å². The number of thiophene rings is 1. The number of hydrogen-bond donors (Lipinski definition) is 0. The Bertz CT molecular complexity index is 964. The minimum absolute atomic E-state index is 0.0188. The number of carbonyl (C=O) groups excluding carboxylic acids is 2. The number of nitrogens with zero attached hydrogens (tertiary/aromatic N) is 2. The molecule has 3 rings (SSSR count). The van der Waals surface area contributed by atoms with E-state index >= 15 is 0 Å². The van der Waals surface area contributed by atoms with Gasteiger partial charge in [0.1, 0.15) is 6.61 Å². The summed E-state index contributed by atoms with van der Waals surface area (Å²) in [6.07, 6.45) is 0. The van der Waals surface area contributed by atoms with Crippen molar-refractivity contribution in [2.75, 3.05) is 33.4 Å². The summed E-state index contributed by atoms with van der Waals surface area (Å²) in [4.78, 5) is 30.6. The van der Waals surface area contributed by atoms with Gasteiger partial charge in [0.15, 0.2) is 0 Å². The van der Waals surface area contributed by atoms with Crippen LogP contribution in [-0.4, -0.2) is 55.0 Å². The van der Waals surface area contributed by atoms with Crippen molar-refractivity contribution in [3.8, 4) is 0 Å². The van der Waals surface area contributed by atoms with Gasteiger partial charge in [-0.3, -0.25) is 9.59 Å². The summed E-state index contributed by atoms with van der Waals surface area (Å²) in [6.45, 7) is 1.90. The Morgan fingerprint density at radius 3 is 2.15 bits per heavy atom. The van der Waals surface area contributed by atoms with E-state index in [1.54, 1.807) is 23.3 Å². The molecule has 33 heavy (non-hydrogen) atoms. The van der Waals surface area contributed by atoms with Crippen molar-refractivity contribution in [1.29, 1.82) is 0 Å². The highest BCUT2D eigenvalue weighted by atomic mass is 32.1. The predicted molar refractivity (Wildman–Crippen MR) is 130 cm³/mol. The molecule has 0 aliphatic heterocycles. The molecule has 0 atom stereocenters. The first-order valence-corrected chi connectivity index (χ1v) is 11.8. The van der Waals surface area contributed by atoms with Gasteiger partial charge < -0.3 is 19.3 Å². The fraction of sp³-hybridized carbons (Fsp3) is 0.308. The van der Waals surface area contributed by atoms with Crippen molar-refractivity contribution in [3.63, 3.8) is 0 Å². The van der Waals surface area contributed by atoms with E-state index in [4.69, 9.17) is 9.47 Å². The topological polar surface area (TPSA) is 59.1 Å². The summed E-state index contributed by atoms with van der Waals surface area (Å²) >= 11 is 1.61. The highest BCUT2D eigenvalue weighted by Crippen LogP contribution is 2.15. The zero-order chi connectivity index (χ0) is 23.3. The van der Waals surface area contributed by atoms with Crippen molar-refractivity contribution in [3.05, 3.63) is 94.2 Å². The molecule has 0 bridgehead atoms. The molecular formula is C26H30N2O4S. The zero-order valence-electron chi connectivity index (χ0n) is 18.9. The molecule has 1 heterocycles. The molecule has 0 aliphatic rings. The SMILES string of the molecule is COCCN(CC(=O)N(Cc1ccccc1)Cc1cccs1)C(=O)COCc1ccccc1. The van der Waals surface area contributed by atoms with Gasteiger partial charge in [0.2, 0.25) is 11.8 Å². The van der Waals surface area contributed by atoms with Gasteiger partial charge >= 0.3 is 0 Å². The molecule has 0 unspecified atom stereocenters. The third kappa shape index (κ3) is 8.46. The number of methoxy groups -OCH3 is 1. The van der Waals surface area contributed by atoms with Crippen LogP contribution in [0.15, 0.2) is 78.2 Å². The van der Waals surface area contributed by atoms with Gasteiger partial charge in [0.05, 0.1) is 26.3 Å². The van der Waals surface area contributed by atoms with Gasteiger partial charge in [0, 0.05) is 25.1 Å². The largest absolute Gasteiger partial charge is 0.383 e. The molecule has 0 saturated heterocycles. The predicted octanol–water partition coefficient (Wildman–Crippen LogP) is 3.97. The van der Waals surface area contributed by atoms with E-state index in [0.29, 0.717) is 32.8 Å². The Hall–Kier alpha value is -3.00. The van der Waals surface area contributed by atoms with Crippen LogP contribution in [0.3, 0.4) is 0 Å². The van der Waals surface area contributed by atoms with Crippen molar-refractivity contribution in [2.24, 2.45) is 0 Å². The standard InChI is InChI=1S/C26H30N2O4S/c1-31-15-14-27(26(30)21-32-20-23-11-6-3-7-12-23)19-25(29)28(18-24-13-8-16-33-24)17-22-9-4-2-5-10-22/h2-13,16H,14-15,17-21H2,1H3. The molecule has 174 valence electrons. The fourth-order valence-electron chi connectivity index (χ4n) is 3.31. The Balaban J connectivity index is 1.63. The summed E-state index contributed by atoms with van der Waals surface area (Å²) in [5, 5.41) is 2.00. The Kier molecular flexibility index (Phi) is 10.1. The lowest BCUT2D eigenvalue weighted by Gasteiger charge is -2.27. The molecule has 7 heteroatoms. The van der Waals surface area contributed by atoms with Crippen molar-refractivity contribution < 1.29 is 19.1 Å². The first-order chi connectivity index (χ1) is 16.2. The summed E-state index contributed by atoms with van der Waals surface area (Å²) in [5.74, 6) is -0.341. The van der Waals surface area contributed by atoms with E-state index in [-0.39, 0.29) is 25.0 Å². The number of ether oxygens (including phenoxy) is 2. The van der Waals surface area contributed by atoms with Crippen LogP contribution >= 0.6 is 11.3 Å². The number of amides is 2. The molecule has 2 aromatic carbocycles. The summed E-state index contributed by atoms with van der Waals surface area (Å²) in [7, 11) is 1.58. The second-order valence-electron chi connectivity index (χ2n) is 7.60. The molecule has 0 saturated carbocycles. The van der Waals surface area contributed by atoms with E-state index in [2.05, 4.69) is 0 Å². The Morgan fingerprint density at radius 2 is 1.52 bits per heavy atom. The molecule has 0 N–H and O–H groups in total. The highest BCUT2D eigenvalue weighted by Gasteiger charge is 2.22. The van der Waals surface area contributed by atoms with Gasteiger partial charge in [0.25, 0.3) is 0 Å². The van der Waals surface area contributed by atoms with Gasteiger partial charge in [-0.1, -0.05) is 66.7 Å². The quantitative estimate of drug-likeness (QED) is 0.383. The van der Waals surface area contributed by atoms with Crippen LogP contribution in [0.4, 0.5) is 0 Å². The number of carbonyl (C=O) groups is 2. The van der Waals surface area contributed by atoms with Crippen LogP contribution in [0, 0.1) is 0 Å². The summed E-state index contributed by atoms with van der Waals surface area (Å²) in [6, 6.07) is 23.6. The molecule has 2 amide bonds. The van der Waals surface area contributed by atoms with Gasteiger partial charge in [-0.05, 0) is 22.6 Å². The van der Waals surface area contributed by atoms with E-state index in [1.165, 1.54) is 4.90 Å². The number of benzene rings is 2. The fourth-order valence-corrected chi connectivity index (χ4v) is 4.02. The van der Waals surface area contributed by atoms with Gasteiger partial charge in [-0.2, -0.15) is 0 Å². The minimum Gasteiger partial charge on any atom is -0.383 e. The van der Waals surface area contributed by atoms with Crippen LogP contribution in [0.5, 0.6) is 0 Å². The minimum atomic E-state index is -0.230. The first-order valence-electron chi connectivity index (χ1n) is 10.9. The zero-order valence-corrected chi connectivity index (χ0v) is 19.7. The van der Waals surface area contributed by atoms with E-state index < -0.39 is 0 Å². The molecule has 0 radical (unpaired) electrons. The Labute approximate surface area is 199 Å². The van der Waals surface area contributed by atoms with Crippen LogP contribution in [0.25, 0.3) is 0 Å².